The van der Waals surface area contributed by atoms with Crippen LogP contribution in [0.2, 0.25) is 0 Å². The summed E-state index contributed by atoms with van der Waals surface area (Å²) >= 11 is 1.40. The van der Waals surface area contributed by atoms with Gasteiger partial charge in [-0.15, -0.1) is 0 Å². The third-order valence-electron chi connectivity index (χ3n) is 5.29. The van der Waals surface area contributed by atoms with E-state index in [0.29, 0.717) is 29.1 Å². The molecule has 4 aromatic rings. The van der Waals surface area contributed by atoms with Gasteiger partial charge in [0.1, 0.15) is 17.1 Å². The zero-order chi connectivity index (χ0) is 20.2. The molecule has 148 valence electrons. The van der Waals surface area contributed by atoms with E-state index in [4.69, 9.17) is 4.42 Å². The van der Waals surface area contributed by atoms with Gasteiger partial charge in [0.15, 0.2) is 16.0 Å². The number of furan rings is 1. The highest BCUT2D eigenvalue weighted by atomic mass is 32.2. The van der Waals surface area contributed by atoms with Crippen molar-refractivity contribution in [1.82, 2.24) is 25.5 Å². The maximum absolute atomic E-state index is 12.7. The topological polar surface area (TPSA) is 112 Å². The minimum atomic E-state index is -0.291. The van der Waals surface area contributed by atoms with E-state index in [9.17, 15) is 4.79 Å². The van der Waals surface area contributed by atoms with Crippen LogP contribution in [0.15, 0.2) is 50.3 Å². The van der Waals surface area contributed by atoms with Crippen molar-refractivity contribution in [2.75, 3.05) is 18.4 Å². The number of hydrogen-bond donors (Lipinski definition) is 4. The summed E-state index contributed by atoms with van der Waals surface area (Å²) in [5, 5.41) is 14.9. The third-order valence-corrected chi connectivity index (χ3v) is 6.10. The summed E-state index contributed by atoms with van der Waals surface area (Å²) in [4.78, 5) is 20.5. The van der Waals surface area contributed by atoms with E-state index in [1.807, 2.05) is 25.1 Å². The lowest BCUT2D eigenvalue weighted by Gasteiger charge is -2.30. The minimum absolute atomic E-state index is 0.0608. The lowest BCUT2D eigenvalue weighted by atomic mass is 9.82. The molecule has 0 amide bonds. The van der Waals surface area contributed by atoms with Gasteiger partial charge < -0.3 is 20.0 Å². The molecule has 2 aliphatic heterocycles. The molecule has 3 aromatic heterocycles. The molecular formula is C21H16N6O2S. The number of anilines is 1. The van der Waals surface area contributed by atoms with Crippen LogP contribution in [0.5, 0.6) is 0 Å². The van der Waals surface area contributed by atoms with Crippen LogP contribution >= 0.6 is 11.8 Å². The highest BCUT2D eigenvalue weighted by Crippen LogP contribution is 2.43. The molecule has 8 nitrogen and oxygen atoms in total. The molecule has 9 heteroatoms. The Morgan fingerprint density at radius 2 is 2.20 bits per heavy atom. The number of aryl methyl sites for hydroxylation is 1. The van der Waals surface area contributed by atoms with Crippen molar-refractivity contribution in [2.24, 2.45) is 0 Å². The first kappa shape index (κ1) is 17.4. The van der Waals surface area contributed by atoms with E-state index in [1.54, 1.807) is 6.20 Å². The Kier molecular flexibility index (Phi) is 3.78. The van der Waals surface area contributed by atoms with Crippen LogP contribution in [0.25, 0.3) is 11.0 Å². The first-order chi connectivity index (χ1) is 14.7. The van der Waals surface area contributed by atoms with Gasteiger partial charge in [-0.05, 0) is 43.0 Å². The average Bonchev–Trinajstić information content (AvgIpc) is 3.45. The number of imidazole rings is 1. The lowest BCUT2D eigenvalue weighted by Crippen LogP contribution is -2.39. The van der Waals surface area contributed by atoms with Gasteiger partial charge >= 0.3 is 0 Å². The molecule has 0 radical (unpaired) electrons. The van der Waals surface area contributed by atoms with Gasteiger partial charge in [0.25, 0.3) is 0 Å². The molecule has 1 unspecified atom stereocenters. The lowest BCUT2D eigenvalue weighted by molar-refractivity contribution is -0.115. The van der Waals surface area contributed by atoms with Gasteiger partial charge in [0.2, 0.25) is 0 Å². The smallest absolute Gasteiger partial charge is 0.175 e. The molecule has 0 aliphatic carbocycles. The van der Waals surface area contributed by atoms with Gasteiger partial charge in [0.05, 0.1) is 24.2 Å². The summed E-state index contributed by atoms with van der Waals surface area (Å²) < 4.78 is 6.18. The zero-order valence-corrected chi connectivity index (χ0v) is 16.7. The van der Waals surface area contributed by atoms with Gasteiger partial charge in [-0.2, -0.15) is 5.10 Å². The number of rotatable bonds is 3. The summed E-state index contributed by atoms with van der Waals surface area (Å²) in [6, 6.07) is 11.9. The number of nitrogens with one attached hydrogen (secondary N) is 4. The highest BCUT2D eigenvalue weighted by molar-refractivity contribution is 7.99. The first-order valence-corrected chi connectivity index (χ1v) is 10.3. The standard InChI is InChI=1S/C21H16N6O2S/c1-10-2-3-12-13(6-10)26-21(25-12)30-17-5-4-16(29-17)18-11-7-23-27-20(11)24-14-8-22-9-15(28)19(14)18/h4-7,18,22H,8-9H2,1H3,(H,25,26)(H2,23,24,27). The van der Waals surface area contributed by atoms with Crippen molar-refractivity contribution in [3.05, 3.63) is 64.7 Å². The molecule has 30 heavy (non-hydrogen) atoms. The number of ketones is 1. The normalized spacial score (nSPS) is 18.2. The molecule has 0 bridgehead atoms. The van der Waals surface area contributed by atoms with Crippen LogP contribution in [0.1, 0.15) is 22.8 Å². The molecule has 6 rings (SSSR count). The molecule has 0 saturated heterocycles. The largest absolute Gasteiger partial charge is 0.453 e. The number of fused-ring (bicyclic) bond motifs is 2. The predicted octanol–water partition coefficient (Wildman–Crippen LogP) is 2.92. The second-order valence-electron chi connectivity index (χ2n) is 7.32. The summed E-state index contributed by atoms with van der Waals surface area (Å²) in [5.74, 6) is 1.27. The van der Waals surface area contributed by atoms with Crippen LogP contribution in [0.3, 0.4) is 0 Å². The van der Waals surface area contributed by atoms with Crippen LogP contribution in [-0.2, 0) is 4.79 Å². The van der Waals surface area contributed by atoms with Crippen LogP contribution in [-0.4, -0.2) is 39.0 Å². The van der Waals surface area contributed by atoms with E-state index in [-0.39, 0.29) is 11.7 Å². The van der Waals surface area contributed by atoms with E-state index < -0.39 is 0 Å². The Balaban J connectivity index is 1.36. The Bertz CT molecular complexity index is 1330. The van der Waals surface area contributed by atoms with E-state index in [2.05, 4.69) is 42.9 Å². The monoisotopic (exact) mass is 416 g/mol. The minimum Gasteiger partial charge on any atom is -0.453 e. The molecule has 5 heterocycles. The second kappa shape index (κ2) is 6.52. The summed E-state index contributed by atoms with van der Waals surface area (Å²) in [6.07, 6.45) is 1.75. The third kappa shape index (κ3) is 2.73. The van der Waals surface area contributed by atoms with Crippen molar-refractivity contribution in [3.8, 4) is 0 Å². The summed E-state index contributed by atoms with van der Waals surface area (Å²) in [7, 11) is 0. The number of H-pyrrole nitrogens is 2. The second-order valence-corrected chi connectivity index (χ2v) is 8.31. The van der Waals surface area contributed by atoms with E-state index in [1.165, 1.54) is 11.8 Å². The number of aromatic nitrogens is 4. The number of carbonyl (C=O) groups excluding carboxylic acids is 1. The SMILES string of the molecule is Cc1c#cc2[nH]c(Sc3ccc(C4C5=C(CNCC5=O)Nc5[nH]ncc54)o3)nc2c1. The molecule has 0 spiro atoms. The fourth-order valence-electron chi connectivity index (χ4n) is 3.98. The van der Waals surface area contributed by atoms with Gasteiger partial charge in [0, 0.05) is 28.9 Å². The number of carbonyl (C=O) groups is 1. The highest BCUT2D eigenvalue weighted by Gasteiger charge is 2.37. The Morgan fingerprint density at radius 3 is 3.13 bits per heavy atom. The predicted molar refractivity (Wildman–Crippen MR) is 110 cm³/mol. The van der Waals surface area contributed by atoms with Crippen molar-refractivity contribution in [1.29, 1.82) is 0 Å². The molecule has 1 atom stereocenters. The zero-order valence-electron chi connectivity index (χ0n) is 15.9. The molecule has 2 aliphatic rings. The molecule has 0 fully saturated rings. The van der Waals surface area contributed by atoms with Gasteiger partial charge in [-0.3, -0.25) is 9.89 Å². The molecule has 0 saturated carbocycles. The van der Waals surface area contributed by atoms with Gasteiger partial charge in [-0.25, -0.2) is 4.98 Å². The molecular weight excluding hydrogens is 400 g/mol. The van der Waals surface area contributed by atoms with Crippen molar-refractivity contribution in [2.45, 2.75) is 23.1 Å². The van der Waals surface area contributed by atoms with Crippen molar-refractivity contribution < 1.29 is 9.21 Å². The Labute approximate surface area is 175 Å². The summed E-state index contributed by atoms with van der Waals surface area (Å²) in [5.41, 5.74) is 5.14. The fraction of sp³-hybridized carbons (Fsp3) is 0.190. The van der Waals surface area contributed by atoms with Crippen LogP contribution < -0.4 is 10.6 Å². The number of Topliss-reactive ketones (excluding diaryl/α,β-unsaturated/α-hetero) is 1. The maximum Gasteiger partial charge on any atom is 0.175 e. The maximum atomic E-state index is 12.7. The van der Waals surface area contributed by atoms with Crippen LogP contribution in [0, 0.1) is 19.1 Å². The molecule has 4 N–H and O–H groups in total. The Morgan fingerprint density at radius 1 is 1.27 bits per heavy atom. The molecule has 1 aromatic carbocycles. The van der Waals surface area contributed by atoms with E-state index in [0.717, 1.165) is 39.2 Å². The number of nitrogens with zero attached hydrogens (tertiary/aromatic N) is 2. The number of hydrogen-bond acceptors (Lipinski definition) is 7. The van der Waals surface area contributed by atoms with Crippen molar-refractivity contribution >= 4 is 34.4 Å². The number of aromatic amines is 2. The van der Waals surface area contributed by atoms with Gasteiger partial charge in [-0.1, -0.05) is 6.07 Å². The summed E-state index contributed by atoms with van der Waals surface area (Å²) in [6.45, 7) is 2.88. The van der Waals surface area contributed by atoms with Crippen molar-refractivity contribution in [3.63, 3.8) is 0 Å². The van der Waals surface area contributed by atoms with Crippen LogP contribution in [0.4, 0.5) is 5.82 Å². The van der Waals surface area contributed by atoms with E-state index >= 15 is 0 Å². The average molecular weight is 416 g/mol. The fourth-order valence-corrected chi connectivity index (χ4v) is 4.74. The quantitative estimate of drug-likeness (QED) is 0.406. The first-order valence-electron chi connectivity index (χ1n) is 9.51. The Hall–Kier alpha value is -3.48.